The summed E-state index contributed by atoms with van der Waals surface area (Å²) in [7, 11) is 0. The van der Waals surface area contributed by atoms with E-state index in [4.69, 9.17) is 9.97 Å². The van der Waals surface area contributed by atoms with Gasteiger partial charge < -0.3 is 5.11 Å². The number of benzene rings is 3. The summed E-state index contributed by atoms with van der Waals surface area (Å²) >= 11 is 1.62. The zero-order chi connectivity index (χ0) is 32.1. The van der Waals surface area contributed by atoms with Crippen LogP contribution < -0.4 is 4.90 Å². The molecule has 0 radical (unpaired) electrons. The zero-order valence-corrected chi connectivity index (χ0v) is 28.1. The van der Waals surface area contributed by atoms with Crippen LogP contribution in [0.3, 0.4) is 0 Å². The maximum absolute atomic E-state index is 11.6. The van der Waals surface area contributed by atoms with E-state index in [1.165, 1.54) is 5.56 Å². The lowest BCUT2D eigenvalue weighted by atomic mass is 9.79. The first-order chi connectivity index (χ1) is 21.3. The Morgan fingerprint density at radius 3 is 2.20 bits per heavy atom. The number of thiazole rings is 1. The van der Waals surface area contributed by atoms with E-state index in [0.717, 1.165) is 65.9 Å². The molecule has 6 heteroatoms. The average molecular weight is 613 g/mol. The van der Waals surface area contributed by atoms with Crippen molar-refractivity contribution < 1.29 is 5.11 Å². The number of hydrogen-bond donors (Lipinski definition) is 1. The second-order valence-electron chi connectivity index (χ2n) is 13.7. The van der Waals surface area contributed by atoms with E-state index in [0.29, 0.717) is 5.75 Å². The van der Waals surface area contributed by atoms with Crippen molar-refractivity contribution in [3.05, 3.63) is 114 Å². The Hall–Kier alpha value is -4.55. The van der Waals surface area contributed by atoms with Gasteiger partial charge in [-0.15, -0.1) is 11.3 Å². The minimum absolute atomic E-state index is 0.0742. The van der Waals surface area contributed by atoms with Crippen LogP contribution in [0.4, 0.5) is 17.2 Å². The molecule has 0 bridgehead atoms. The monoisotopic (exact) mass is 612 g/mol. The van der Waals surface area contributed by atoms with Crippen LogP contribution in [0.2, 0.25) is 0 Å². The summed E-state index contributed by atoms with van der Waals surface area (Å²) in [5.74, 6) is 1.14. The number of para-hydroxylation sites is 1. The van der Waals surface area contributed by atoms with E-state index >= 15 is 0 Å². The van der Waals surface area contributed by atoms with Crippen LogP contribution >= 0.6 is 11.3 Å². The minimum atomic E-state index is -0.215. The molecule has 228 valence electrons. The number of rotatable bonds is 5. The molecule has 5 nitrogen and oxygen atoms in total. The van der Waals surface area contributed by atoms with Crippen LogP contribution in [-0.4, -0.2) is 20.1 Å². The molecule has 1 N–H and O–H groups in total. The normalized spacial score (nSPS) is 12.1. The Bertz CT molecular complexity index is 2000. The predicted octanol–water partition coefficient (Wildman–Crippen LogP) is 10.8. The summed E-state index contributed by atoms with van der Waals surface area (Å²) in [6.45, 7) is 17.2. The van der Waals surface area contributed by atoms with Gasteiger partial charge >= 0.3 is 0 Å². The van der Waals surface area contributed by atoms with Crippen LogP contribution in [-0.2, 0) is 10.8 Å². The molecule has 0 saturated carbocycles. The number of phenolic OH excluding ortho intramolecular Hbond substituents is 1. The highest BCUT2D eigenvalue weighted by Gasteiger charge is 2.27. The van der Waals surface area contributed by atoms with Gasteiger partial charge in [-0.3, -0.25) is 9.88 Å². The molecule has 0 aliphatic rings. The highest BCUT2D eigenvalue weighted by Crippen LogP contribution is 2.45. The third-order valence-electron chi connectivity index (χ3n) is 8.26. The lowest BCUT2D eigenvalue weighted by Crippen LogP contribution is -2.17. The van der Waals surface area contributed by atoms with Crippen molar-refractivity contribution in [2.75, 3.05) is 4.90 Å². The maximum Gasteiger partial charge on any atom is 0.137 e. The van der Waals surface area contributed by atoms with E-state index in [9.17, 15) is 5.11 Å². The average Bonchev–Trinajstić information content (AvgIpc) is 3.43. The van der Waals surface area contributed by atoms with Crippen LogP contribution in [0.15, 0.2) is 91.3 Å². The first-order valence-corrected chi connectivity index (χ1v) is 16.2. The number of hydrogen-bond acceptors (Lipinski definition) is 6. The molecule has 0 aliphatic carbocycles. The van der Waals surface area contributed by atoms with Gasteiger partial charge in [-0.1, -0.05) is 77.9 Å². The maximum atomic E-state index is 11.6. The molecule has 6 aromatic rings. The molecule has 0 saturated heterocycles. The van der Waals surface area contributed by atoms with E-state index in [1.54, 1.807) is 11.3 Å². The molecule has 0 atom stereocenters. The predicted molar refractivity (Wildman–Crippen MR) is 189 cm³/mol. The van der Waals surface area contributed by atoms with E-state index in [2.05, 4.69) is 113 Å². The highest BCUT2D eigenvalue weighted by atomic mass is 32.1. The van der Waals surface area contributed by atoms with Gasteiger partial charge in [0.25, 0.3) is 0 Å². The van der Waals surface area contributed by atoms with E-state index in [1.807, 2.05) is 43.6 Å². The fraction of sp³-hybridized carbons (Fsp3) is 0.256. The first kappa shape index (κ1) is 30.5. The number of anilines is 3. The van der Waals surface area contributed by atoms with Crippen molar-refractivity contribution in [3.63, 3.8) is 0 Å². The standard InChI is InChI=1S/C39H40N4OS/c1-24-18-20-40-25(2)35(24)43(33-17-9-10-19-41-33)28-14-11-13-26(21-28)29-15-12-16-32-34(29)42-37(45-32)30-22-27(38(3,4)5)23-31(36(30)44)39(6,7)8/h9-23,44H,1-8H3. The molecule has 3 aromatic carbocycles. The fourth-order valence-electron chi connectivity index (χ4n) is 5.80. The SMILES string of the molecule is Cc1ccnc(C)c1N(c1cccc(-c2cccc3sc(-c4cc(C(C)(C)C)cc(C(C)(C)C)c4O)nc23)c1)c1ccccn1. The van der Waals surface area contributed by atoms with Gasteiger partial charge in [0, 0.05) is 29.2 Å². The summed E-state index contributed by atoms with van der Waals surface area (Å²) in [4.78, 5) is 16.7. The summed E-state index contributed by atoms with van der Waals surface area (Å²) in [6.07, 6.45) is 3.67. The van der Waals surface area contributed by atoms with Crippen molar-refractivity contribution in [1.82, 2.24) is 15.0 Å². The Balaban J connectivity index is 1.52. The second kappa shape index (κ2) is 11.4. The molecule has 45 heavy (non-hydrogen) atoms. The van der Waals surface area contributed by atoms with Crippen LogP contribution in [0.25, 0.3) is 31.9 Å². The number of pyridine rings is 2. The van der Waals surface area contributed by atoms with Gasteiger partial charge in [-0.05, 0) is 83.8 Å². The van der Waals surface area contributed by atoms with Crippen LogP contribution in [0.1, 0.15) is 63.9 Å². The van der Waals surface area contributed by atoms with Crippen molar-refractivity contribution in [3.8, 4) is 27.4 Å². The number of aromatic hydroxyl groups is 1. The molecule has 0 unspecified atom stereocenters. The molecule has 0 fully saturated rings. The van der Waals surface area contributed by atoms with Crippen LogP contribution in [0.5, 0.6) is 5.75 Å². The quantitative estimate of drug-likeness (QED) is 0.210. The first-order valence-electron chi connectivity index (χ1n) is 15.3. The minimum Gasteiger partial charge on any atom is -0.507 e. The molecule has 0 amide bonds. The van der Waals surface area contributed by atoms with Crippen LogP contribution in [0, 0.1) is 13.8 Å². The molecule has 3 heterocycles. The zero-order valence-electron chi connectivity index (χ0n) is 27.3. The lowest BCUT2D eigenvalue weighted by molar-refractivity contribution is 0.446. The largest absolute Gasteiger partial charge is 0.507 e. The summed E-state index contributed by atoms with van der Waals surface area (Å²) < 4.78 is 1.08. The highest BCUT2D eigenvalue weighted by molar-refractivity contribution is 7.21. The number of aromatic nitrogens is 3. The Labute approximate surface area is 270 Å². The number of aryl methyl sites for hydroxylation is 2. The fourth-order valence-corrected chi connectivity index (χ4v) is 6.81. The van der Waals surface area contributed by atoms with Gasteiger partial charge in [-0.2, -0.15) is 0 Å². The van der Waals surface area contributed by atoms with Gasteiger partial charge in [0.15, 0.2) is 0 Å². The Kier molecular flexibility index (Phi) is 7.74. The molecular weight excluding hydrogens is 573 g/mol. The summed E-state index contributed by atoms with van der Waals surface area (Å²) in [5, 5.41) is 12.4. The van der Waals surface area contributed by atoms with Crippen molar-refractivity contribution in [1.29, 1.82) is 0 Å². The Morgan fingerprint density at radius 2 is 1.51 bits per heavy atom. The van der Waals surface area contributed by atoms with Crippen molar-refractivity contribution in [2.24, 2.45) is 0 Å². The summed E-state index contributed by atoms with van der Waals surface area (Å²) in [5.41, 5.74) is 9.70. The number of nitrogens with zero attached hydrogens (tertiary/aromatic N) is 4. The van der Waals surface area contributed by atoms with Gasteiger partial charge in [-0.25, -0.2) is 9.97 Å². The van der Waals surface area contributed by atoms with Crippen molar-refractivity contribution >= 4 is 38.7 Å². The van der Waals surface area contributed by atoms with Gasteiger partial charge in [0.1, 0.15) is 16.6 Å². The second-order valence-corrected chi connectivity index (χ2v) is 14.8. The molecule has 0 aliphatic heterocycles. The van der Waals surface area contributed by atoms with Gasteiger partial charge in [0.05, 0.1) is 27.2 Å². The Morgan fingerprint density at radius 1 is 0.733 bits per heavy atom. The smallest absolute Gasteiger partial charge is 0.137 e. The van der Waals surface area contributed by atoms with Gasteiger partial charge in [0.2, 0.25) is 0 Å². The molecule has 6 rings (SSSR count). The third kappa shape index (κ3) is 5.83. The number of fused-ring (bicyclic) bond motifs is 1. The molecular formula is C39H40N4OS. The van der Waals surface area contributed by atoms with E-state index < -0.39 is 0 Å². The van der Waals surface area contributed by atoms with E-state index in [-0.39, 0.29) is 10.8 Å². The topological polar surface area (TPSA) is 62.1 Å². The number of phenols is 1. The van der Waals surface area contributed by atoms with Crippen molar-refractivity contribution in [2.45, 2.75) is 66.2 Å². The molecule has 3 aromatic heterocycles. The lowest BCUT2D eigenvalue weighted by Gasteiger charge is -2.27. The molecule has 0 spiro atoms. The third-order valence-corrected chi connectivity index (χ3v) is 9.31. The summed E-state index contributed by atoms with van der Waals surface area (Å²) in [6, 6.07) is 27.1.